The molecular formula is C15H17BrN2O3S. The number of nitrogens with zero attached hydrogens (tertiary/aromatic N) is 1. The molecule has 0 spiro atoms. The second-order valence-electron chi connectivity index (χ2n) is 6.10. The summed E-state index contributed by atoms with van der Waals surface area (Å²) >= 11 is 3.42. The van der Waals surface area contributed by atoms with Gasteiger partial charge in [-0.2, -0.15) is 0 Å². The van der Waals surface area contributed by atoms with Gasteiger partial charge in [0, 0.05) is 21.6 Å². The molecule has 1 aliphatic rings. The van der Waals surface area contributed by atoms with Crippen LogP contribution in [-0.2, 0) is 21.2 Å². The van der Waals surface area contributed by atoms with Crippen LogP contribution in [0.1, 0.15) is 13.3 Å². The van der Waals surface area contributed by atoms with Crippen LogP contribution in [0.4, 0.5) is 0 Å². The van der Waals surface area contributed by atoms with Gasteiger partial charge >= 0.3 is 0 Å². The summed E-state index contributed by atoms with van der Waals surface area (Å²) < 4.78 is 26.0. The maximum atomic E-state index is 12.3. The molecule has 2 aromatic rings. The number of carbonyl (C=O) groups is 1. The molecule has 2 heterocycles. The number of nitrogens with one attached hydrogen (secondary N) is 1. The van der Waals surface area contributed by atoms with Gasteiger partial charge < -0.3 is 9.88 Å². The molecule has 1 unspecified atom stereocenters. The Kier molecular flexibility index (Phi) is 3.81. The zero-order valence-electron chi connectivity index (χ0n) is 12.2. The van der Waals surface area contributed by atoms with Gasteiger partial charge in [-0.05, 0) is 37.6 Å². The molecule has 1 aromatic carbocycles. The highest BCUT2D eigenvalue weighted by Gasteiger charge is 2.39. The average molecular weight is 385 g/mol. The minimum atomic E-state index is -3.03. The van der Waals surface area contributed by atoms with Gasteiger partial charge in [-0.3, -0.25) is 4.79 Å². The first-order valence-corrected chi connectivity index (χ1v) is 9.64. The van der Waals surface area contributed by atoms with Gasteiger partial charge in [0.1, 0.15) is 6.54 Å². The second-order valence-corrected chi connectivity index (χ2v) is 9.20. The van der Waals surface area contributed by atoms with E-state index in [1.807, 2.05) is 35.0 Å². The minimum absolute atomic E-state index is 0.0190. The standard InChI is InChI=1S/C15H17BrN2O3S/c1-15(5-7-22(20,21)10-15)17-14(19)9-18-6-4-11-8-12(16)2-3-13(11)18/h2-4,6,8H,5,7,9-10H2,1H3,(H,17,19). The molecule has 0 radical (unpaired) electrons. The third-order valence-corrected chi connectivity index (χ3v) is 6.39. The summed E-state index contributed by atoms with van der Waals surface area (Å²) in [5, 5.41) is 3.93. The molecule has 5 nitrogen and oxygen atoms in total. The zero-order valence-corrected chi connectivity index (χ0v) is 14.6. The SMILES string of the molecule is CC1(NC(=O)Cn2ccc3cc(Br)ccc32)CCS(=O)(=O)C1. The van der Waals surface area contributed by atoms with Crippen LogP contribution in [0.3, 0.4) is 0 Å². The summed E-state index contributed by atoms with van der Waals surface area (Å²) in [6.45, 7) is 1.97. The monoisotopic (exact) mass is 384 g/mol. The van der Waals surface area contributed by atoms with Crippen LogP contribution in [0.2, 0.25) is 0 Å². The Bertz CT molecular complexity index is 844. The summed E-state index contributed by atoms with van der Waals surface area (Å²) in [5.74, 6) is -0.00458. The fourth-order valence-corrected chi connectivity index (χ4v) is 5.42. The first kappa shape index (κ1) is 15.6. The van der Waals surface area contributed by atoms with E-state index in [0.29, 0.717) is 6.42 Å². The van der Waals surface area contributed by atoms with Crippen molar-refractivity contribution in [3.8, 4) is 0 Å². The highest BCUT2D eigenvalue weighted by atomic mass is 79.9. The molecule has 0 aliphatic carbocycles. The number of fused-ring (bicyclic) bond motifs is 1. The second kappa shape index (κ2) is 5.38. The van der Waals surface area contributed by atoms with E-state index in [1.165, 1.54) is 0 Å². The summed E-state index contributed by atoms with van der Waals surface area (Å²) in [6.07, 6.45) is 2.34. The predicted octanol–water partition coefficient (Wildman–Crippen LogP) is 2.10. The van der Waals surface area contributed by atoms with Crippen LogP contribution < -0.4 is 5.32 Å². The molecule has 1 atom stereocenters. The van der Waals surface area contributed by atoms with Crippen LogP contribution in [-0.4, -0.2) is 35.9 Å². The molecule has 0 bridgehead atoms. The summed E-state index contributed by atoms with van der Waals surface area (Å²) in [7, 11) is -3.03. The van der Waals surface area contributed by atoms with E-state index in [9.17, 15) is 13.2 Å². The summed E-state index contributed by atoms with van der Waals surface area (Å²) in [6, 6.07) is 7.83. The number of halogens is 1. The molecule has 0 saturated carbocycles. The Balaban J connectivity index is 1.74. The topological polar surface area (TPSA) is 68.2 Å². The summed E-state index contributed by atoms with van der Waals surface area (Å²) in [4.78, 5) is 12.3. The molecule has 1 aliphatic heterocycles. The quantitative estimate of drug-likeness (QED) is 0.880. The van der Waals surface area contributed by atoms with Crippen molar-refractivity contribution in [3.63, 3.8) is 0 Å². The highest BCUT2D eigenvalue weighted by molar-refractivity contribution is 9.10. The maximum absolute atomic E-state index is 12.3. The molecule has 1 N–H and O–H groups in total. The lowest BCUT2D eigenvalue weighted by Gasteiger charge is -2.24. The molecular weight excluding hydrogens is 368 g/mol. The lowest BCUT2D eigenvalue weighted by atomic mass is 10.0. The van der Waals surface area contributed by atoms with Crippen molar-refractivity contribution >= 4 is 42.6 Å². The highest BCUT2D eigenvalue weighted by Crippen LogP contribution is 2.23. The smallest absolute Gasteiger partial charge is 0.240 e. The van der Waals surface area contributed by atoms with Crippen molar-refractivity contribution in [2.24, 2.45) is 0 Å². The van der Waals surface area contributed by atoms with E-state index in [4.69, 9.17) is 0 Å². The van der Waals surface area contributed by atoms with Gasteiger partial charge in [-0.1, -0.05) is 15.9 Å². The Hall–Kier alpha value is -1.34. The number of rotatable bonds is 3. The Morgan fingerprint density at radius 1 is 1.41 bits per heavy atom. The molecule has 118 valence electrons. The first-order valence-electron chi connectivity index (χ1n) is 7.02. The van der Waals surface area contributed by atoms with E-state index in [0.717, 1.165) is 15.4 Å². The normalized spacial score (nSPS) is 23.7. The number of aromatic nitrogens is 1. The molecule has 1 aromatic heterocycles. The van der Waals surface area contributed by atoms with Gasteiger partial charge in [-0.15, -0.1) is 0 Å². The molecule has 1 amide bonds. The van der Waals surface area contributed by atoms with Crippen LogP contribution in [0.5, 0.6) is 0 Å². The number of hydrogen-bond acceptors (Lipinski definition) is 3. The van der Waals surface area contributed by atoms with Crippen molar-refractivity contribution < 1.29 is 13.2 Å². The largest absolute Gasteiger partial charge is 0.348 e. The average Bonchev–Trinajstić information content (AvgIpc) is 2.90. The summed E-state index contributed by atoms with van der Waals surface area (Å²) in [5.41, 5.74) is 0.324. The number of carbonyl (C=O) groups excluding carboxylic acids is 1. The molecule has 3 rings (SSSR count). The van der Waals surface area contributed by atoms with Gasteiger partial charge in [0.2, 0.25) is 5.91 Å². The Labute approximate surface area is 137 Å². The van der Waals surface area contributed by atoms with Gasteiger partial charge in [0.05, 0.1) is 17.0 Å². The number of amides is 1. The van der Waals surface area contributed by atoms with Crippen LogP contribution >= 0.6 is 15.9 Å². The number of sulfone groups is 1. The van der Waals surface area contributed by atoms with Crippen molar-refractivity contribution in [2.45, 2.75) is 25.4 Å². The van der Waals surface area contributed by atoms with Crippen LogP contribution in [0.25, 0.3) is 10.9 Å². The molecule has 22 heavy (non-hydrogen) atoms. The van der Waals surface area contributed by atoms with Crippen molar-refractivity contribution in [1.29, 1.82) is 0 Å². The van der Waals surface area contributed by atoms with E-state index in [2.05, 4.69) is 21.2 Å². The zero-order chi connectivity index (χ0) is 16.0. The van der Waals surface area contributed by atoms with Crippen molar-refractivity contribution in [3.05, 3.63) is 34.9 Å². The lowest BCUT2D eigenvalue weighted by Crippen LogP contribution is -2.48. The molecule has 1 saturated heterocycles. The van der Waals surface area contributed by atoms with Crippen molar-refractivity contribution in [2.75, 3.05) is 11.5 Å². The van der Waals surface area contributed by atoms with E-state index < -0.39 is 15.4 Å². The van der Waals surface area contributed by atoms with E-state index >= 15 is 0 Å². The first-order chi connectivity index (χ1) is 10.3. The van der Waals surface area contributed by atoms with E-state index in [-0.39, 0.29) is 24.0 Å². The van der Waals surface area contributed by atoms with Crippen LogP contribution in [0.15, 0.2) is 34.9 Å². The van der Waals surface area contributed by atoms with E-state index in [1.54, 1.807) is 6.92 Å². The third kappa shape index (κ3) is 3.20. The third-order valence-electron chi connectivity index (χ3n) is 3.99. The number of benzene rings is 1. The van der Waals surface area contributed by atoms with Gasteiger partial charge in [0.25, 0.3) is 0 Å². The van der Waals surface area contributed by atoms with Gasteiger partial charge in [-0.25, -0.2) is 8.42 Å². The van der Waals surface area contributed by atoms with Crippen LogP contribution in [0, 0.1) is 0 Å². The Morgan fingerprint density at radius 3 is 2.86 bits per heavy atom. The fourth-order valence-electron chi connectivity index (χ4n) is 2.95. The fraction of sp³-hybridized carbons (Fsp3) is 0.400. The predicted molar refractivity (Wildman–Crippen MR) is 89.5 cm³/mol. The van der Waals surface area contributed by atoms with Crippen molar-refractivity contribution in [1.82, 2.24) is 9.88 Å². The lowest BCUT2D eigenvalue weighted by molar-refractivity contribution is -0.123. The molecule has 1 fully saturated rings. The Morgan fingerprint density at radius 2 is 2.18 bits per heavy atom. The maximum Gasteiger partial charge on any atom is 0.240 e. The minimum Gasteiger partial charge on any atom is -0.348 e. The van der Waals surface area contributed by atoms with Gasteiger partial charge in [0.15, 0.2) is 9.84 Å². The number of hydrogen-bond donors (Lipinski definition) is 1. The molecule has 7 heteroatoms.